The molecule has 0 aliphatic heterocycles. The zero-order valence-electron chi connectivity index (χ0n) is 4.37. The highest BCUT2D eigenvalue weighted by Gasteiger charge is 2.01. The average molecular weight is 136 g/mol. The molecule has 0 aromatic carbocycles. The number of hydrogen-bond acceptors (Lipinski definition) is 2. The van der Waals surface area contributed by atoms with Gasteiger partial charge in [-0.05, 0) is 6.42 Å². The van der Waals surface area contributed by atoms with Crippen LogP contribution in [0.15, 0.2) is 0 Å². The molecule has 0 atom stereocenters. The molecule has 1 N–H and O–H groups in total. The van der Waals surface area contributed by atoms with Crippen molar-refractivity contribution in [2.45, 2.75) is 12.8 Å². The van der Waals surface area contributed by atoms with E-state index in [1.165, 1.54) is 0 Å². The predicted octanol–water partition coefficient (Wildman–Crippen LogP) is 0.650. The van der Waals surface area contributed by atoms with E-state index in [2.05, 4.69) is 6.92 Å². The summed E-state index contributed by atoms with van der Waals surface area (Å²) in [6, 6.07) is 0. The predicted molar refractivity (Wildman–Crippen MR) is 30.4 cm³/mol. The van der Waals surface area contributed by atoms with E-state index >= 15 is 0 Å². The van der Waals surface area contributed by atoms with Crippen LogP contribution in [0.3, 0.4) is 0 Å². The second kappa shape index (κ2) is 3.04. The van der Waals surface area contributed by atoms with Gasteiger partial charge < -0.3 is 0 Å². The van der Waals surface area contributed by atoms with Gasteiger partial charge in [0.05, 0.1) is 0 Å². The number of hydrogen-bond donors (Lipinski definition) is 1. The van der Waals surface area contributed by atoms with E-state index in [0.29, 0.717) is 12.8 Å². The largest absolute Gasteiger partial charge is 0.285 e. The monoisotopic (exact) mass is 136 g/mol. The molecule has 0 fully saturated rings. The third kappa shape index (κ3) is 5.91. The van der Waals surface area contributed by atoms with Crippen molar-refractivity contribution in [3.05, 3.63) is 12.7 Å². The zero-order valence-corrected chi connectivity index (χ0v) is 5.19. The van der Waals surface area contributed by atoms with Crippen LogP contribution in [0.25, 0.3) is 0 Å². The molecule has 4 heteroatoms. The third-order valence-electron chi connectivity index (χ3n) is 0.533. The summed E-state index contributed by atoms with van der Waals surface area (Å²) in [5.41, 5.74) is 0. The fraction of sp³-hybridized carbons (Fsp3) is 0.500. The van der Waals surface area contributed by atoms with Crippen molar-refractivity contribution in [1.82, 2.24) is 0 Å². The lowest BCUT2D eigenvalue weighted by atomic mass is 10.4. The smallest absolute Gasteiger partial charge is 0.269 e. The lowest BCUT2D eigenvalue weighted by Gasteiger charge is -1.89. The van der Waals surface area contributed by atoms with E-state index in [1.54, 1.807) is 0 Å². The van der Waals surface area contributed by atoms with Gasteiger partial charge in [0.1, 0.15) is 5.75 Å². The van der Waals surface area contributed by atoms with Gasteiger partial charge in [-0.1, -0.05) is 13.3 Å². The fourth-order valence-corrected chi connectivity index (χ4v) is 0.697. The van der Waals surface area contributed by atoms with Crippen molar-refractivity contribution in [2.75, 3.05) is 0 Å². The van der Waals surface area contributed by atoms with Gasteiger partial charge in [0, 0.05) is 0 Å². The quantitative estimate of drug-likeness (QED) is 0.579. The fourth-order valence-electron chi connectivity index (χ4n) is 0.232. The molecule has 0 heterocycles. The van der Waals surface area contributed by atoms with Gasteiger partial charge in [-0.25, -0.2) is 0 Å². The molecule has 2 radical (unpaired) electrons. The molecule has 0 aromatic heterocycles. The Morgan fingerprint density at radius 1 is 1.62 bits per heavy atom. The lowest BCUT2D eigenvalue weighted by Crippen LogP contribution is -1.95. The van der Waals surface area contributed by atoms with E-state index in [4.69, 9.17) is 4.55 Å². The molecule has 0 unspecified atom stereocenters. The molecule has 3 nitrogen and oxygen atoms in total. The summed E-state index contributed by atoms with van der Waals surface area (Å²) in [6.45, 7) is 3.38. The van der Waals surface area contributed by atoms with Gasteiger partial charge >= 0.3 is 0 Å². The third-order valence-corrected chi connectivity index (χ3v) is 1.19. The van der Waals surface area contributed by atoms with Crippen molar-refractivity contribution >= 4 is 10.1 Å². The first-order valence-electron chi connectivity index (χ1n) is 2.16. The molecule has 0 amide bonds. The minimum Gasteiger partial charge on any atom is -0.285 e. The first-order valence-corrected chi connectivity index (χ1v) is 3.66. The van der Waals surface area contributed by atoms with Crippen molar-refractivity contribution in [3.63, 3.8) is 0 Å². The maximum atomic E-state index is 9.86. The van der Waals surface area contributed by atoms with Crippen molar-refractivity contribution < 1.29 is 13.0 Å². The Bertz CT molecular complexity index is 135. The molecule has 0 aliphatic rings. The van der Waals surface area contributed by atoms with Crippen molar-refractivity contribution in [2.24, 2.45) is 0 Å². The van der Waals surface area contributed by atoms with Gasteiger partial charge in [-0.15, -0.1) is 0 Å². The van der Waals surface area contributed by atoms with Crippen molar-refractivity contribution in [1.29, 1.82) is 0 Å². The van der Waals surface area contributed by atoms with Crippen molar-refractivity contribution in [3.8, 4) is 0 Å². The average Bonchev–Trinajstić information content (AvgIpc) is 1.59. The van der Waals surface area contributed by atoms with Crippen LogP contribution in [-0.2, 0) is 10.1 Å². The highest BCUT2D eigenvalue weighted by Crippen LogP contribution is 1.97. The SMILES string of the molecule is [CH2]CC[CH]S(=O)(=O)O. The summed E-state index contributed by atoms with van der Waals surface area (Å²) in [4.78, 5) is 0. The summed E-state index contributed by atoms with van der Waals surface area (Å²) in [6.07, 6.45) is 0.790. The van der Waals surface area contributed by atoms with Crippen LogP contribution in [0.4, 0.5) is 0 Å². The van der Waals surface area contributed by atoms with E-state index in [9.17, 15) is 8.42 Å². The van der Waals surface area contributed by atoms with E-state index in [-0.39, 0.29) is 0 Å². The van der Waals surface area contributed by atoms with Crippen LogP contribution in [0.1, 0.15) is 12.8 Å². The maximum Gasteiger partial charge on any atom is 0.269 e. The Labute approximate surface area is 49.5 Å². The van der Waals surface area contributed by atoms with Gasteiger partial charge in [0.2, 0.25) is 0 Å². The highest BCUT2D eigenvalue weighted by molar-refractivity contribution is 7.87. The van der Waals surface area contributed by atoms with Gasteiger partial charge in [0.25, 0.3) is 10.1 Å². The van der Waals surface area contributed by atoms with Crippen LogP contribution in [-0.4, -0.2) is 13.0 Å². The Balaban J connectivity index is 3.42. The minimum atomic E-state index is -3.85. The Morgan fingerprint density at radius 3 is 2.25 bits per heavy atom. The molecule has 0 aromatic rings. The van der Waals surface area contributed by atoms with E-state index in [1.807, 2.05) is 0 Å². The molecule has 0 spiro atoms. The van der Waals surface area contributed by atoms with E-state index in [0.717, 1.165) is 5.75 Å². The van der Waals surface area contributed by atoms with Crippen LogP contribution in [0.5, 0.6) is 0 Å². The summed E-state index contributed by atoms with van der Waals surface area (Å²) >= 11 is 0. The second-order valence-corrected chi connectivity index (χ2v) is 2.69. The summed E-state index contributed by atoms with van der Waals surface area (Å²) in [7, 11) is -3.85. The number of rotatable bonds is 3. The normalized spacial score (nSPS) is 11.8. The lowest BCUT2D eigenvalue weighted by molar-refractivity contribution is 0.488. The second-order valence-electron chi connectivity index (χ2n) is 1.32. The molecule has 0 saturated carbocycles. The zero-order chi connectivity index (χ0) is 6.62. The first kappa shape index (κ1) is 7.91. The molecule has 48 valence electrons. The summed E-state index contributed by atoms with van der Waals surface area (Å²) < 4.78 is 27.8. The molecular weight excluding hydrogens is 128 g/mol. The van der Waals surface area contributed by atoms with E-state index < -0.39 is 10.1 Å². The van der Waals surface area contributed by atoms with Gasteiger partial charge in [-0.2, -0.15) is 8.42 Å². The van der Waals surface area contributed by atoms with Crippen LogP contribution in [0.2, 0.25) is 0 Å². The topological polar surface area (TPSA) is 54.4 Å². The van der Waals surface area contributed by atoms with Gasteiger partial charge in [0.15, 0.2) is 0 Å². The summed E-state index contributed by atoms with van der Waals surface area (Å²) in [5, 5.41) is 0. The van der Waals surface area contributed by atoms with Crippen LogP contribution >= 0.6 is 0 Å². The van der Waals surface area contributed by atoms with Crippen LogP contribution < -0.4 is 0 Å². The van der Waals surface area contributed by atoms with Crippen LogP contribution in [0, 0.1) is 12.7 Å². The number of unbranched alkanes of at least 4 members (excludes halogenated alkanes) is 1. The molecule has 0 aliphatic carbocycles. The Morgan fingerprint density at radius 2 is 2.12 bits per heavy atom. The summed E-state index contributed by atoms with van der Waals surface area (Å²) in [5.74, 6) is 0.833. The highest BCUT2D eigenvalue weighted by atomic mass is 32.2. The first-order chi connectivity index (χ1) is 3.56. The molecular formula is C4H8O3S. The molecule has 8 heavy (non-hydrogen) atoms. The molecule has 0 bridgehead atoms. The minimum absolute atomic E-state index is 0.304. The molecule has 0 rings (SSSR count). The standard InChI is InChI=1S/C4H8O3S/c1-2-3-4-8(5,6)7/h4H,1-3H2,(H,5,6,7). The van der Waals surface area contributed by atoms with Gasteiger partial charge in [-0.3, -0.25) is 4.55 Å². The Kier molecular flexibility index (Phi) is 3.01. The molecule has 0 saturated heterocycles. The maximum absolute atomic E-state index is 9.86. The Hall–Kier alpha value is -0.0900.